The summed E-state index contributed by atoms with van der Waals surface area (Å²) >= 11 is 1.90. The average Bonchev–Trinajstić information content (AvgIpc) is 3.75. The smallest absolute Gasteiger partial charge is 0.0555 e. The Hall–Kier alpha value is -6.42. The fourth-order valence-corrected chi connectivity index (χ4v) is 8.84. The normalized spacial score (nSPS) is 11.5. The van der Waals surface area contributed by atoms with Crippen molar-refractivity contribution in [3.8, 4) is 27.9 Å². The highest BCUT2D eigenvalue weighted by atomic mass is 32.1. The van der Waals surface area contributed by atoms with Crippen molar-refractivity contribution in [3.63, 3.8) is 0 Å². The monoisotopic (exact) mass is 668 g/mol. The van der Waals surface area contributed by atoms with Gasteiger partial charge in [0.2, 0.25) is 0 Å². The molecule has 8 aromatic carbocycles. The summed E-state index contributed by atoms with van der Waals surface area (Å²) in [5.74, 6) is 0. The molecule has 10 rings (SSSR count). The second-order valence-corrected chi connectivity index (χ2v) is 14.0. The number of fused-ring (bicyclic) bond motifs is 7. The number of benzene rings is 8. The van der Waals surface area contributed by atoms with E-state index in [2.05, 4.69) is 204 Å². The van der Waals surface area contributed by atoms with E-state index in [-0.39, 0.29) is 0 Å². The SMILES string of the molecule is c1ccc(-c2ccc(N(c3ccccc3)c3ccc(-c4ccc5c6c7sc8ccccc8c7ccc6n(-c6ccccc6)c5c4)cc3)cc2)cc1. The highest BCUT2D eigenvalue weighted by Gasteiger charge is 2.19. The first-order chi connectivity index (χ1) is 25.3. The lowest BCUT2D eigenvalue weighted by Crippen LogP contribution is -2.09. The van der Waals surface area contributed by atoms with E-state index in [0.29, 0.717) is 0 Å². The predicted octanol–water partition coefficient (Wildman–Crippen LogP) is 14.0. The van der Waals surface area contributed by atoms with Crippen LogP contribution in [-0.4, -0.2) is 4.57 Å². The first-order valence-corrected chi connectivity index (χ1v) is 18.2. The van der Waals surface area contributed by atoms with Gasteiger partial charge in [-0.2, -0.15) is 0 Å². The molecule has 0 bridgehead atoms. The molecule has 0 fully saturated rings. The molecule has 0 amide bonds. The lowest BCUT2D eigenvalue weighted by molar-refractivity contribution is 1.18. The van der Waals surface area contributed by atoms with Crippen LogP contribution in [0.15, 0.2) is 194 Å². The number of para-hydroxylation sites is 2. The van der Waals surface area contributed by atoms with Gasteiger partial charge < -0.3 is 9.47 Å². The van der Waals surface area contributed by atoms with Gasteiger partial charge in [0.1, 0.15) is 0 Å². The Morgan fingerprint density at radius 3 is 1.61 bits per heavy atom. The van der Waals surface area contributed by atoms with E-state index in [9.17, 15) is 0 Å². The molecule has 10 aromatic rings. The molecule has 0 aliphatic rings. The van der Waals surface area contributed by atoms with E-state index in [1.165, 1.54) is 69.9 Å². The highest BCUT2D eigenvalue weighted by molar-refractivity contribution is 7.26. The highest BCUT2D eigenvalue weighted by Crippen LogP contribution is 2.44. The van der Waals surface area contributed by atoms with E-state index in [4.69, 9.17) is 0 Å². The maximum atomic E-state index is 2.43. The Morgan fingerprint density at radius 2 is 0.902 bits per heavy atom. The third-order valence-corrected chi connectivity index (χ3v) is 11.2. The van der Waals surface area contributed by atoms with E-state index < -0.39 is 0 Å². The van der Waals surface area contributed by atoms with Crippen molar-refractivity contribution in [1.82, 2.24) is 4.57 Å². The van der Waals surface area contributed by atoms with Crippen LogP contribution in [0, 0.1) is 0 Å². The van der Waals surface area contributed by atoms with Crippen LogP contribution in [0.1, 0.15) is 0 Å². The zero-order chi connectivity index (χ0) is 33.7. The standard InChI is InChI=1S/C48H32N2S/c1-4-12-33(13-5-1)34-20-25-39(26-21-34)49(37-14-6-2-7-15-37)40-27-22-35(23-28-40)36-24-29-43-45(32-36)50(38-16-8-3-9-17-38)44-31-30-42-41-18-10-11-19-46(41)51-48(42)47(43)44/h1-32H. The van der Waals surface area contributed by atoms with Crippen molar-refractivity contribution >= 4 is 70.4 Å². The van der Waals surface area contributed by atoms with Crippen molar-refractivity contribution in [3.05, 3.63) is 194 Å². The number of thiophene rings is 1. The summed E-state index contributed by atoms with van der Waals surface area (Å²) in [7, 11) is 0. The first-order valence-electron chi connectivity index (χ1n) is 17.4. The van der Waals surface area contributed by atoms with Gasteiger partial charge in [-0.1, -0.05) is 127 Å². The molecule has 0 radical (unpaired) electrons. The molecule has 0 N–H and O–H groups in total. The molecule has 2 nitrogen and oxygen atoms in total. The zero-order valence-electron chi connectivity index (χ0n) is 27.8. The largest absolute Gasteiger partial charge is 0.311 e. The molecule has 0 atom stereocenters. The molecule has 0 saturated heterocycles. The Labute approximate surface area is 300 Å². The molecule has 240 valence electrons. The number of nitrogens with zero attached hydrogens (tertiary/aromatic N) is 2. The fourth-order valence-electron chi connectivity index (χ4n) is 7.58. The molecule has 0 aliphatic carbocycles. The number of anilines is 3. The van der Waals surface area contributed by atoms with Crippen LogP contribution < -0.4 is 4.90 Å². The van der Waals surface area contributed by atoms with Crippen LogP contribution in [0.4, 0.5) is 17.1 Å². The molecule has 51 heavy (non-hydrogen) atoms. The maximum Gasteiger partial charge on any atom is 0.0555 e. The molecule has 0 saturated carbocycles. The second kappa shape index (κ2) is 12.2. The Bertz CT molecular complexity index is 2820. The Morgan fingerprint density at radius 1 is 0.373 bits per heavy atom. The number of aromatic nitrogens is 1. The molecular formula is C48H32N2S. The zero-order valence-corrected chi connectivity index (χ0v) is 28.6. The van der Waals surface area contributed by atoms with Gasteiger partial charge in [0.05, 0.1) is 11.0 Å². The van der Waals surface area contributed by atoms with Crippen LogP contribution in [-0.2, 0) is 0 Å². The summed E-state index contributed by atoms with van der Waals surface area (Å²) in [6.45, 7) is 0. The predicted molar refractivity (Wildman–Crippen MR) is 219 cm³/mol. The summed E-state index contributed by atoms with van der Waals surface area (Å²) in [5.41, 5.74) is 11.8. The summed E-state index contributed by atoms with van der Waals surface area (Å²) in [4.78, 5) is 2.32. The van der Waals surface area contributed by atoms with Gasteiger partial charge >= 0.3 is 0 Å². The van der Waals surface area contributed by atoms with Crippen molar-refractivity contribution < 1.29 is 0 Å². The van der Waals surface area contributed by atoms with Crippen molar-refractivity contribution in [1.29, 1.82) is 0 Å². The molecule has 0 unspecified atom stereocenters. The summed E-state index contributed by atoms with van der Waals surface area (Å²) in [6.07, 6.45) is 0. The Balaban J connectivity index is 1.09. The maximum absolute atomic E-state index is 2.43. The van der Waals surface area contributed by atoms with E-state index in [0.717, 1.165) is 17.1 Å². The third-order valence-electron chi connectivity index (χ3n) is 9.99. The van der Waals surface area contributed by atoms with Crippen LogP contribution in [0.25, 0.3) is 69.9 Å². The summed E-state index contributed by atoms with van der Waals surface area (Å²) in [6, 6.07) is 70.1. The lowest BCUT2D eigenvalue weighted by atomic mass is 10.0. The molecule has 3 heteroatoms. The third kappa shape index (κ3) is 5.01. The minimum Gasteiger partial charge on any atom is -0.311 e. The van der Waals surface area contributed by atoms with Gasteiger partial charge in [0.15, 0.2) is 0 Å². The van der Waals surface area contributed by atoms with Crippen molar-refractivity contribution in [2.45, 2.75) is 0 Å². The molecule has 2 aromatic heterocycles. The minimum absolute atomic E-state index is 1.11. The van der Waals surface area contributed by atoms with Gasteiger partial charge in [-0.25, -0.2) is 0 Å². The molecular weight excluding hydrogens is 637 g/mol. The van der Waals surface area contributed by atoms with Crippen LogP contribution in [0.3, 0.4) is 0 Å². The van der Waals surface area contributed by atoms with Crippen LogP contribution >= 0.6 is 11.3 Å². The molecule has 2 heterocycles. The average molecular weight is 669 g/mol. The first kappa shape index (κ1) is 29.5. The van der Waals surface area contributed by atoms with Gasteiger partial charge in [0.25, 0.3) is 0 Å². The topological polar surface area (TPSA) is 8.17 Å². The van der Waals surface area contributed by atoms with E-state index in [1.54, 1.807) is 0 Å². The molecule has 0 spiro atoms. The van der Waals surface area contributed by atoms with Gasteiger partial charge in [-0.05, 0) is 89.0 Å². The number of hydrogen-bond acceptors (Lipinski definition) is 2. The van der Waals surface area contributed by atoms with Crippen molar-refractivity contribution in [2.75, 3.05) is 4.90 Å². The van der Waals surface area contributed by atoms with Crippen molar-refractivity contribution in [2.24, 2.45) is 0 Å². The number of rotatable bonds is 6. The van der Waals surface area contributed by atoms with Gasteiger partial charge in [-0.15, -0.1) is 11.3 Å². The summed E-state index contributed by atoms with van der Waals surface area (Å²) < 4.78 is 5.11. The van der Waals surface area contributed by atoms with Crippen LogP contribution in [0.2, 0.25) is 0 Å². The van der Waals surface area contributed by atoms with Gasteiger partial charge in [-0.3, -0.25) is 0 Å². The Kier molecular flexibility index (Phi) is 7.04. The summed E-state index contributed by atoms with van der Waals surface area (Å²) in [5, 5.41) is 5.26. The van der Waals surface area contributed by atoms with Crippen LogP contribution in [0.5, 0.6) is 0 Å². The second-order valence-electron chi connectivity index (χ2n) is 13.0. The van der Waals surface area contributed by atoms with Gasteiger partial charge in [0, 0.05) is 53.7 Å². The fraction of sp³-hybridized carbons (Fsp3) is 0. The van der Waals surface area contributed by atoms with E-state index in [1.807, 2.05) is 11.3 Å². The molecule has 0 aliphatic heterocycles. The quantitative estimate of drug-likeness (QED) is 0.171. The van der Waals surface area contributed by atoms with E-state index >= 15 is 0 Å². The number of hydrogen-bond donors (Lipinski definition) is 0. The lowest BCUT2D eigenvalue weighted by Gasteiger charge is -2.26. The minimum atomic E-state index is 1.11.